The number of hydrogen-bond donors (Lipinski definition) is 2. The number of hydrogen-bond acceptors (Lipinski definition) is 5. The van der Waals surface area contributed by atoms with Crippen LogP contribution in [0.15, 0.2) is 65.3 Å². The van der Waals surface area contributed by atoms with E-state index in [4.69, 9.17) is 9.15 Å². The molecule has 0 saturated carbocycles. The summed E-state index contributed by atoms with van der Waals surface area (Å²) >= 11 is 0. The van der Waals surface area contributed by atoms with Gasteiger partial charge in [-0.25, -0.2) is 4.79 Å². The average molecular weight is 475 g/mol. The number of likely N-dealkylation sites (tertiary alicyclic amines) is 1. The van der Waals surface area contributed by atoms with E-state index in [1.54, 1.807) is 4.90 Å². The summed E-state index contributed by atoms with van der Waals surface area (Å²) in [7, 11) is 0. The fourth-order valence-electron chi connectivity index (χ4n) is 5.15. The van der Waals surface area contributed by atoms with Gasteiger partial charge in [0.1, 0.15) is 6.61 Å². The minimum atomic E-state index is -0.848. The van der Waals surface area contributed by atoms with Crippen LogP contribution >= 0.6 is 0 Å². The molecule has 2 N–H and O–H groups in total. The summed E-state index contributed by atoms with van der Waals surface area (Å²) in [5, 5.41) is 11.9. The van der Waals surface area contributed by atoms with Crippen molar-refractivity contribution in [3.05, 3.63) is 77.7 Å². The molecule has 1 aliphatic heterocycles. The lowest BCUT2D eigenvalue weighted by Crippen LogP contribution is -2.46. The highest BCUT2D eigenvalue weighted by Crippen LogP contribution is 2.44. The Labute approximate surface area is 202 Å². The molecule has 35 heavy (non-hydrogen) atoms. The van der Waals surface area contributed by atoms with Crippen molar-refractivity contribution in [3.63, 3.8) is 0 Å². The maximum absolute atomic E-state index is 13.1. The number of fused-ring (bicyclic) bond motifs is 3. The van der Waals surface area contributed by atoms with E-state index in [2.05, 4.69) is 17.4 Å². The number of carbonyl (C=O) groups is 3. The molecule has 8 nitrogen and oxygen atoms in total. The Morgan fingerprint density at radius 2 is 1.71 bits per heavy atom. The average Bonchev–Trinajstić information content (AvgIpc) is 3.44. The van der Waals surface area contributed by atoms with Gasteiger partial charge in [0.25, 0.3) is 5.91 Å². The smallest absolute Gasteiger partial charge is 0.411 e. The van der Waals surface area contributed by atoms with E-state index in [1.165, 1.54) is 12.3 Å². The van der Waals surface area contributed by atoms with Crippen molar-refractivity contribution < 1.29 is 28.6 Å². The quantitative estimate of drug-likeness (QED) is 0.541. The SMILES string of the molecule is CC1CC(C(=O)O)CCN1C(=O)c1occc1NC(=O)OCC1c2ccccc2-c2ccccc21. The predicted molar refractivity (Wildman–Crippen MR) is 128 cm³/mol. The fraction of sp³-hybridized carbons (Fsp3) is 0.296. The number of nitrogens with zero attached hydrogens (tertiary/aromatic N) is 1. The third-order valence-electron chi connectivity index (χ3n) is 6.93. The maximum Gasteiger partial charge on any atom is 0.411 e. The monoisotopic (exact) mass is 474 g/mol. The highest BCUT2D eigenvalue weighted by Gasteiger charge is 2.35. The normalized spacial score (nSPS) is 19.1. The number of piperidine rings is 1. The summed E-state index contributed by atoms with van der Waals surface area (Å²) in [6, 6.07) is 17.4. The Morgan fingerprint density at radius 3 is 2.34 bits per heavy atom. The van der Waals surface area contributed by atoms with Crippen LogP contribution in [0.4, 0.5) is 10.5 Å². The van der Waals surface area contributed by atoms with Crippen LogP contribution in [0.1, 0.15) is 47.4 Å². The van der Waals surface area contributed by atoms with Crippen molar-refractivity contribution in [2.75, 3.05) is 18.5 Å². The first-order valence-electron chi connectivity index (χ1n) is 11.7. The number of carboxylic acids is 1. The van der Waals surface area contributed by atoms with E-state index in [-0.39, 0.29) is 35.9 Å². The predicted octanol–water partition coefficient (Wildman–Crippen LogP) is 4.97. The van der Waals surface area contributed by atoms with Crippen LogP contribution in [0.3, 0.4) is 0 Å². The highest BCUT2D eigenvalue weighted by atomic mass is 16.5. The Hall–Kier alpha value is -4.07. The van der Waals surface area contributed by atoms with Crippen molar-refractivity contribution in [2.45, 2.75) is 31.7 Å². The van der Waals surface area contributed by atoms with Crippen molar-refractivity contribution in [1.29, 1.82) is 0 Å². The summed E-state index contributed by atoms with van der Waals surface area (Å²) in [6.45, 7) is 2.28. The number of ether oxygens (including phenoxy) is 1. The molecule has 1 saturated heterocycles. The number of carbonyl (C=O) groups excluding carboxylic acids is 2. The van der Waals surface area contributed by atoms with Crippen molar-refractivity contribution >= 4 is 23.7 Å². The van der Waals surface area contributed by atoms with Crippen molar-refractivity contribution in [1.82, 2.24) is 4.90 Å². The lowest BCUT2D eigenvalue weighted by Gasteiger charge is -2.35. The lowest BCUT2D eigenvalue weighted by molar-refractivity contribution is -0.143. The zero-order chi connectivity index (χ0) is 24.5. The van der Waals surface area contributed by atoms with Crippen LogP contribution in [-0.2, 0) is 9.53 Å². The second-order valence-electron chi connectivity index (χ2n) is 9.02. The molecule has 0 spiro atoms. The first-order chi connectivity index (χ1) is 16.9. The Balaban J connectivity index is 1.24. The molecule has 2 aliphatic rings. The highest BCUT2D eigenvalue weighted by molar-refractivity contribution is 6.00. The third-order valence-corrected chi connectivity index (χ3v) is 6.93. The molecule has 5 rings (SSSR count). The van der Waals surface area contributed by atoms with Crippen LogP contribution < -0.4 is 5.32 Å². The number of carboxylic acid groups (broad SMARTS) is 1. The Bertz CT molecular complexity index is 1240. The summed E-state index contributed by atoms with van der Waals surface area (Å²) in [5.41, 5.74) is 4.72. The summed E-state index contributed by atoms with van der Waals surface area (Å²) < 4.78 is 11.0. The van der Waals surface area contributed by atoms with Crippen molar-refractivity contribution in [3.8, 4) is 11.1 Å². The van der Waals surface area contributed by atoms with Gasteiger partial charge in [0.2, 0.25) is 5.76 Å². The van der Waals surface area contributed by atoms with Crippen LogP contribution in [0, 0.1) is 5.92 Å². The van der Waals surface area contributed by atoms with Gasteiger partial charge in [0, 0.05) is 24.6 Å². The Morgan fingerprint density at radius 1 is 1.06 bits per heavy atom. The van der Waals surface area contributed by atoms with Gasteiger partial charge in [-0.3, -0.25) is 14.9 Å². The zero-order valence-corrected chi connectivity index (χ0v) is 19.3. The number of benzene rings is 2. The first kappa shape index (κ1) is 22.7. The van der Waals surface area contributed by atoms with Gasteiger partial charge in [0.15, 0.2) is 0 Å². The van der Waals surface area contributed by atoms with Crippen molar-refractivity contribution in [2.24, 2.45) is 5.92 Å². The molecule has 3 aromatic rings. The lowest BCUT2D eigenvalue weighted by atomic mass is 9.91. The topological polar surface area (TPSA) is 109 Å². The van der Waals surface area contributed by atoms with Gasteiger partial charge in [-0.05, 0) is 42.0 Å². The van der Waals surface area contributed by atoms with E-state index in [0.29, 0.717) is 19.4 Å². The first-order valence-corrected chi connectivity index (χ1v) is 11.7. The number of nitrogens with one attached hydrogen (secondary N) is 1. The number of anilines is 1. The van der Waals surface area contributed by atoms with Gasteiger partial charge >= 0.3 is 12.1 Å². The minimum Gasteiger partial charge on any atom is -0.481 e. The molecule has 8 heteroatoms. The Kier molecular flexibility index (Phi) is 6.03. The number of amides is 2. The van der Waals surface area contributed by atoms with Gasteiger partial charge in [-0.2, -0.15) is 0 Å². The summed E-state index contributed by atoms with van der Waals surface area (Å²) in [6.07, 6.45) is 1.40. The van der Waals surface area contributed by atoms with E-state index in [9.17, 15) is 19.5 Å². The zero-order valence-electron chi connectivity index (χ0n) is 19.3. The van der Waals surface area contributed by atoms with Crippen LogP contribution in [0.5, 0.6) is 0 Å². The standard InChI is InChI=1S/C27H26N2O6/c1-16-14-17(26(31)32)10-12-29(16)25(30)24-23(11-13-34-24)28-27(33)35-15-22-20-8-4-2-6-18(20)19-7-3-5-9-21(19)22/h2-9,11,13,16-17,22H,10,12,14-15H2,1H3,(H,28,33)(H,31,32). The molecule has 180 valence electrons. The third kappa shape index (κ3) is 4.27. The molecule has 2 aromatic carbocycles. The van der Waals surface area contributed by atoms with Gasteiger partial charge in [-0.15, -0.1) is 0 Å². The maximum atomic E-state index is 13.1. The molecule has 0 radical (unpaired) electrons. The molecule has 1 fully saturated rings. The molecule has 1 aliphatic carbocycles. The van der Waals surface area contributed by atoms with Crippen LogP contribution in [0.25, 0.3) is 11.1 Å². The minimum absolute atomic E-state index is 0.000803. The van der Waals surface area contributed by atoms with Gasteiger partial charge < -0.3 is 19.2 Å². The number of furan rings is 1. The second-order valence-corrected chi connectivity index (χ2v) is 9.02. The molecular formula is C27H26N2O6. The van der Waals surface area contributed by atoms with E-state index >= 15 is 0 Å². The fourth-order valence-corrected chi connectivity index (χ4v) is 5.15. The molecule has 1 aromatic heterocycles. The largest absolute Gasteiger partial charge is 0.481 e. The second kappa shape index (κ2) is 9.29. The molecule has 2 atom stereocenters. The van der Waals surface area contributed by atoms with Crippen LogP contribution in [0.2, 0.25) is 0 Å². The molecule has 2 amide bonds. The molecule has 2 unspecified atom stereocenters. The molecule has 0 bridgehead atoms. The van der Waals surface area contributed by atoms with E-state index in [0.717, 1.165) is 22.3 Å². The number of rotatable bonds is 5. The van der Waals surface area contributed by atoms with Gasteiger partial charge in [-0.1, -0.05) is 48.5 Å². The molecule has 2 heterocycles. The van der Waals surface area contributed by atoms with E-state index < -0.39 is 18.0 Å². The van der Waals surface area contributed by atoms with Crippen LogP contribution in [-0.4, -0.2) is 47.2 Å². The summed E-state index contributed by atoms with van der Waals surface area (Å²) in [4.78, 5) is 38.6. The summed E-state index contributed by atoms with van der Waals surface area (Å²) in [5.74, 6) is -1.78. The van der Waals surface area contributed by atoms with Gasteiger partial charge in [0.05, 0.1) is 17.9 Å². The van der Waals surface area contributed by atoms with E-state index in [1.807, 2.05) is 43.3 Å². The molecular weight excluding hydrogens is 448 g/mol. The number of aliphatic carboxylic acids is 1.